The Hall–Kier alpha value is -4.88. The van der Waals surface area contributed by atoms with Crippen molar-refractivity contribution >= 4 is 21.8 Å². The fourth-order valence-electron chi connectivity index (χ4n) is 4.73. The Morgan fingerprint density at radius 1 is 0.686 bits per heavy atom. The second-order valence-electron chi connectivity index (χ2n) is 8.44. The minimum Gasteiger partial charge on any atom is -0.497 e. The Bertz CT molecular complexity index is 1700. The minimum atomic E-state index is 0.544. The van der Waals surface area contributed by atoms with Crippen molar-refractivity contribution in [2.24, 2.45) is 0 Å². The molecule has 4 aromatic carbocycles. The zero-order chi connectivity index (χ0) is 23.8. The van der Waals surface area contributed by atoms with Gasteiger partial charge in [0, 0.05) is 34.8 Å². The van der Waals surface area contributed by atoms with Gasteiger partial charge < -0.3 is 9.30 Å². The molecule has 0 aliphatic heterocycles. The van der Waals surface area contributed by atoms with E-state index in [1.165, 1.54) is 10.8 Å². The van der Waals surface area contributed by atoms with Crippen LogP contribution in [0, 0.1) is 11.3 Å². The second kappa shape index (κ2) is 8.48. The lowest BCUT2D eigenvalue weighted by Gasteiger charge is -2.13. The summed E-state index contributed by atoms with van der Waals surface area (Å²) < 4.78 is 8.02. The highest BCUT2D eigenvalue weighted by molar-refractivity contribution is 6.09. The van der Waals surface area contributed by atoms with Crippen LogP contribution in [-0.4, -0.2) is 16.7 Å². The smallest absolute Gasteiger partial charge is 0.121 e. The Balaban J connectivity index is 1.55. The molecule has 0 atom stereocenters. The molecular weight excluding hydrogens is 430 g/mol. The van der Waals surface area contributed by atoms with Crippen LogP contribution < -0.4 is 4.74 Å². The molecule has 0 spiro atoms. The number of fused-ring (bicyclic) bond motifs is 3. The fraction of sp³-hybridized carbons (Fsp3) is 0.0323. The predicted octanol–water partition coefficient (Wildman–Crippen LogP) is 7.39. The van der Waals surface area contributed by atoms with Gasteiger partial charge in [0.1, 0.15) is 11.8 Å². The molecule has 35 heavy (non-hydrogen) atoms. The molecule has 0 fully saturated rings. The number of rotatable bonds is 4. The van der Waals surface area contributed by atoms with Gasteiger partial charge >= 0.3 is 0 Å². The number of ether oxygens (including phenoxy) is 1. The summed E-state index contributed by atoms with van der Waals surface area (Å²) >= 11 is 0. The molecule has 0 unspecified atom stereocenters. The van der Waals surface area contributed by atoms with Crippen molar-refractivity contribution in [3.63, 3.8) is 0 Å². The number of hydrogen-bond donors (Lipinski definition) is 0. The molecule has 0 aliphatic rings. The molecule has 0 aliphatic carbocycles. The highest BCUT2D eigenvalue weighted by atomic mass is 16.5. The van der Waals surface area contributed by atoms with Gasteiger partial charge in [0.15, 0.2) is 0 Å². The Kier molecular flexibility index (Phi) is 5.02. The van der Waals surface area contributed by atoms with Crippen LogP contribution >= 0.6 is 0 Å². The van der Waals surface area contributed by atoms with Crippen LogP contribution in [-0.2, 0) is 0 Å². The molecule has 6 aromatic rings. The predicted molar refractivity (Wildman–Crippen MR) is 141 cm³/mol. The number of nitriles is 1. The summed E-state index contributed by atoms with van der Waals surface area (Å²) in [6, 6.07) is 35.6. The van der Waals surface area contributed by atoms with E-state index >= 15 is 0 Å². The Labute approximate surface area is 203 Å². The summed E-state index contributed by atoms with van der Waals surface area (Å²) in [7, 11) is 1.70. The van der Waals surface area contributed by atoms with Crippen LogP contribution in [0.2, 0.25) is 0 Å². The van der Waals surface area contributed by atoms with Gasteiger partial charge in [-0.2, -0.15) is 5.26 Å². The van der Waals surface area contributed by atoms with E-state index in [2.05, 4.69) is 94.5 Å². The fourth-order valence-corrected chi connectivity index (χ4v) is 4.73. The number of benzene rings is 4. The quantitative estimate of drug-likeness (QED) is 0.281. The van der Waals surface area contributed by atoms with Crippen LogP contribution in [0.15, 0.2) is 109 Å². The lowest BCUT2D eigenvalue weighted by Crippen LogP contribution is -1.96. The lowest BCUT2D eigenvalue weighted by atomic mass is 9.98. The number of aromatic nitrogens is 2. The van der Waals surface area contributed by atoms with Crippen LogP contribution in [0.4, 0.5) is 0 Å². The molecule has 6 rings (SSSR count). The highest BCUT2D eigenvalue weighted by Gasteiger charge is 2.14. The van der Waals surface area contributed by atoms with Crippen molar-refractivity contribution in [1.82, 2.24) is 9.55 Å². The number of hydrogen-bond acceptors (Lipinski definition) is 3. The maximum Gasteiger partial charge on any atom is 0.121 e. The maximum atomic E-state index is 9.26. The van der Waals surface area contributed by atoms with Crippen LogP contribution in [0.5, 0.6) is 5.75 Å². The summed E-state index contributed by atoms with van der Waals surface area (Å²) in [5.41, 5.74) is 7.92. The first-order valence-corrected chi connectivity index (χ1v) is 11.4. The summed E-state index contributed by atoms with van der Waals surface area (Å²) in [6.07, 6.45) is 3.36. The monoisotopic (exact) mass is 451 g/mol. The van der Waals surface area contributed by atoms with E-state index in [9.17, 15) is 5.26 Å². The second-order valence-corrected chi connectivity index (χ2v) is 8.44. The van der Waals surface area contributed by atoms with Gasteiger partial charge in [0.2, 0.25) is 0 Å². The van der Waals surface area contributed by atoms with E-state index in [4.69, 9.17) is 4.74 Å². The minimum absolute atomic E-state index is 0.544. The average molecular weight is 452 g/mol. The van der Waals surface area contributed by atoms with Crippen molar-refractivity contribution in [2.45, 2.75) is 0 Å². The zero-order valence-electron chi connectivity index (χ0n) is 19.1. The highest BCUT2D eigenvalue weighted by Crippen LogP contribution is 2.36. The molecule has 0 N–H and O–H groups in total. The van der Waals surface area contributed by atoms with E-state index in [0.717, 1.165) is 44.7 Å². The summed E-state index contributed by atoms with van der Waals surface area (Å²) in [6.45, 7) is 0. The topological polar surface area (TPSA) is 50.8 Å². The molecule has 0 radical (unpaired) electrons. The van der Waals surface area contributed by atoms with Gasteiger partial charge in [0.25, 0.3) is 0 Å². The first-order valence-electron chi connectivity index (χ1n) is 11.4. The molecule has 4 nitrogen and oxygen atoms in total. The average Bonchev–Trinajstić information content (AvgIpc) is 3.27. The molecule has 2 aromatic heterocycles. The van der Waals surface area contributed by atoms with Gasteiger partial charge in [-0.25, -0.2) is 0 Å². The van der Waals surface area contributed by atoms with E-state index in [1.54, 1.807) is 19.5 Å². The van der Waals surface area contributed by atoms with Crippen molar-refractivity contribution < 1.29 is 4.74 Å². The van der Waals surface area contributed by atoms with Crippen LogP contribution in [0.25, 0.3) is 49.7 Å². The summed E-state index contributed by atoms with van der Waals surface area (Å²) in [5.74, 6) is 0.790. The SMILES string of the molecule is COc1cc(-c2cccc(-c3cncc(C#N)c3)c2)cc(-n2c3ccccc3c3ccccc32)c1. The Morgan fingerprint density at radius 3 is 2.06 bits per heavy atom. The summed E-state index contributed by atoms with van der Waals surface area (Å²) in [4.78, 5) is 4.22. The van der Waals surface area contributed by atoms with Crippen molar-refractivity contribution in [2.75, 3.05) is 7.11 Å². The van der Waals surface area contributed by atoms with Crippen molar-refractivity contribution in [1.29, 1.82) is 5.26 Å². The largest absolute Gasteiger partial charge is 0.497 e. The number of para-hydroxylation sites is 2. The van der Waals surface area contributed by atoms with Crippen LogP contribution in [0.1, 0.15) is 5.56 Å². The molecule has 0 amide bonds. The van der Waals surface area contributed by atoms with E-state index in [1.807, 2.05) is 18.2 Å². The first kappa shape index (κ1) is 20.7. The molecule has 0 saturated carbocycles. The van der Waals surface area contributed by atoms with E-state index < -0.39 is 0 Å². The number of pyridine rings is 1. The normalized spacial score (nSPS) is 11.0. The van der Waals surface area contributed by atoms with Crippen LogP contribution in [0.3, 0.4) is 0 Å². The van der Waals surface area contributed by atoms with Gasteiger partial charge in [-0.1, -0.05) is 54.6 Å². The summed E-state index contributed by atoms with van der Waals surface area (Å²) in [5, 5.41) is 11.7. The van der Waals surface area contributed by atoms with E-state index in [0.29, 0.717) is 5.56 Å². The van der Waals surface area contributed by atoms with Gasteiger partial charge in [-0.3, -0.25) is 4.98 Å². The standard InChI is InChI=1S/C31H21N3O/c1-35-27-16-24(22-7-6-8-23(14-22)25-13-21(18-32)19-33-20-25)15-26(17-27)34-30-11-4-2-9-28(30)29-10-3-5-12-31(29)34/h2-17,19-20H,1H3. The molecule has 166 valence electrons. The third kappa shape index (κ3) is 3.60. The molecule has 4 heteroatoms. The Morgan fingerprint density at radius 2 is 1.37 bits per heavy atom. The van der Waals surface area contributed by atoms with Crippen molar-refractivity contribution in [3.8, 4) is 39.8 Å². The number of methoxy groups -OCH3 is 1. The zero-order valence-corrected chi connectivity index (χ0v) is 19.1. The first-order chi connectivity index (χ1) is 17.2. The van der Waals surface area contributed by atoms with Gasteiger partial charge in [-0.15, -0.1) is 0 Å². The third-order valence-electron chi connectivity index (χ3n) is 6.36. The van der Waals surface area contributed by atoms with Crippen molar-refractivity contribution in [3.05, 3.63) is 115 Å². The molecular formula is C31H21N3O. The van der Waals surface area contributed by atoms with E-state index in [-0.39, 0.29) is 0 Å². The van der Waals surface area contributed by atoms with Gasteiger partial charge in [-0.05, 0) is 53.1 Å². The molecule has 0 bridgehead atoms. The maximum absolute atomic E-state index is 9.26. The lowest BCUT2D eigenvalue weighted by molar-refractivity contribution is 0.415. The van der Waals surface area contributed by atoms with Gasteiger partial charge in [0.05, 0.1) is 29.4 Å². The number of nitrogens with zero attached hydrogens (tertiary/aromatic N) is 3. The molecule has 0 saturated heterocycles. The third-order valence-corrected chi connectivity index (χ3v) is 6.36. The molecule has 2 heterocycles.